The highest BCUT2D eigenvalue weighted by atomic mass is 19.1. The van der Waals surface area contributed by atoms with Gasteiger partial charge in [0.05, 0.1) is 11.8 Å². The first kappa shape index (κ1) is 13.1. The Morgan fingerprint density at radius 1 is 1.21 bits per heavy atom. The zero-order valence-electron chi connectivity index (χ0n) is 10.8. The fourth-order valence-corrected chi connectivity index (χ4v) is 1.46. The normalized spacial score (nSPS) is 10.5. The summed E-state index contributed by atoms with van der Waals surface area (Å²) in [5, 5.41) is 0. The molecule has 0 aliphatic rings. The van der Waals surface area contributed by atoms with Crippen LogP contribution in [0.4, 0.5) is 10.1 Å². The van der Waals surface area contributed by atoms with Gasteiger partial charge >= 0.3 is 0 Å². The number of nitrogens with two attached hydrogens (primary N) is 1. The average molecular weight is 262 g/mol. The molecule has 2 rings (SSSR count). The van der Waals surface area contributed by atoms with Gasteiger partial charge in [-0.05, 0) is 32.0 Å². The van der Waals surface area contributed by atoms with Crippen molar-refractivity contribution in [2.75, 3.05) is 5.73 Å². The highest BCUT2D eigenvalue weighted by molar-refractivity contribution is 5.49. The minimum Gasteiger partial charge on any atom is -0.473 e. The van der Waals surface area contributed by atoms with E-state index >= 15 is 0 Å². The van der Waals surface area contributed by atoms with Crippen LogP contribution in [0.1, 0.15) is 13.8 Å². The maximum Gasteiger partial charge on any atom is 0.240 e. The summed E-state index contributed by atoms with van der Waals surface area (Å²) in [7, 11) is 0. The first-order chi connectivity index (χ1) is 9.04. The Hall–Kier alpha value is -2.30. The summed E-state index contributed by atoms with van der Waals surface area (Å²) in [4.78, 5) is 4.15. The van der Waals surface area contributed by atoms with Crippen LogP contribution < -0.4 is 15.2 Å². The molecule has 0 unspecified atom stereocenters. The molecule has 4 nitrogen and oxygen atoms in total. The largest absolute Gasteiger partial charge is 0.473 e. The Kier molecular flexibility index (Phi) is 3.85. The van der Waals surface area contributed by atoms with Crippen molar-refractivity contribution >= 4 is 5.69 Å². The Morgan fingerprint density at radius 2 is 2.00 bits per heavy atom. The van der Waals surface area contributed by atoms with Crippen molar-refractivity contribution in [3.8, 4) is 17.5 Å². The molecule has 0 spiro atoms. The number of nitrogen functional groups attached to an aromatic ring is 1. The third-order valence-corrected chi connectivity index (χ3v) is 2.23. The Balaban J connectivity index is 2.21. The van der Waals surface area contributed by atoms with Crippen LogP contribution in [-0.2, 0) is 0 Å². The average Bonchev–Trinajstić information content (AvgIpc) is 2.33. The highest BCUT2D eigenvalue weighted by Gasteiger charge is 2.08. The van der Waals surface area contributed by atoms with Crippen LogP contribution in [0, 0.1) is 5.82 Å². The maximum absolute atomic E-state index is 13.0. The van der Waals surface area contributed by atoms with E-state index in [-0.39, 0.29) is 11.9 Å². The van der Waals surface area contributed by atoms with Gasteiger partial charge in [0.15, 0.2) is 0 Å². The second-order valence-corrected chi connectivity index (χ2v) is 4.27. The molecule has 0 saturated carbocycles. The molecule has 0 aliphatic heterocycles. The summed E-state index contributed by atoms with van der Waals surface area (Å²) in [5.41, 5.74) is 6.18. The van der Waals surface area contributed by atoms with E-state index in [1.807, 2.05) is 13.8 Å². The topological polar surface area (TPSA) is 57.4 Å². The van der Waals surface area contributed by atoms with Crippen LogP contribution >= 0.6 is 0 Å². The smallest absolute Gasteiger partial charge is 0.240 e. The van der Waals surface area contributed by atoms with Crippen molar-refractivity contribution in [3.05, 3.63) is 42.2 Å². The number of nitrogens with zero attached hydrogens (tertiary/aromatic N) is 1. The number of pyridine rings is 1. The number of benzene rings is 1. The van der Waals surface area contributed by atoms with Gasteiger partial charge in [0, 0.05) is 12.1 Å². The lowest BCUT2D eigenvalue weighted by Gasteiger charge is -2.12. The molecule has 2 aromatic rings. The van der Waals surface area contributed by atoms with E-state index in [0.29, 0.717) is 23.2 Å². The van der Waals surface area contributed by atoms with Gasteiger partial charge in [-0.25, -0.2) is 4.39 Å². The lowest BCUT2D eigenvalue weighted by Crippen LogP contribution is -2.09. The van der Waals surface area contributed by atoms with Crippen LogP contribution in [0.25, 0.3) is 0 Å². The van der Waals surface area contributed by atoms with Crippen molar-refractivity contribution in [2.24, 2.45) is 0 Å². The zero-order chi connectivity index (χ0) is 13.8. The van der Waals surface area contributed by atoms with Crippen LogP contribution in [0.15, 0.2) is 36.4 Å². The summed E-state index contributed by atoms with van der Waals surface area (Å²) in [6.07, 6.45) is -0.0424. The minimum absolute atomic E-state index is 0.0424. The molecule has 1 aromatic heterocycles. The molecular weight excluding hydrogens is 247 g/mol. The molecule has 2 N–H and O–H groups in total. The van der Waals surface area contributed by atoms with Crippen LogP contribution in [-0.4, -0.2) is 11.1 Å². The van der Waals surface area contributed by atoms with Gasteiger partial charge in [-0.2, -0.15) is 4.98 Å². The van der Waals surface area contributed by atoms with Crippen LogP contribution in [0.3, 0.4) is 0 Å². The molecule has 0 bridgehead atoms. The summed E-state index contributed by atoms with van der Waals surface area (Å²) >= 11 is 0. The molecule has 0 fully saturated rings. The van der Waals surface area contributed by atoms with E-state index in [1.165, 1.54) is 12.1 Å². The molecular formula is C14H15FN2O2. The van der Waals surface area contributed by atoms with Gasteiger partial charge in [-0.3, -0.25) is 0 Å². The predicted octanol–water partition coefficient (Wildman–Crippen LogP) is 3.38. The number of hydrogen-bond acceptors (Lipinski definition) is 4. The fraction of sp³-hybridized carbons (Fsp3) is 0.214. The van der Waals surface area contributed by atoms with Crippen LogP contribution in [0.5, 0.6) is 17.5 Å². The third-order valence-electron chi connectivity index (χ3n) is 2.23. The van der Waals surface area contributed by atoms with Gasteiger partial charge < -0.3 is 15.2 Å². The number of halogens is 1. The molecule has 0 amide bonds. The summed E-state index contributed by atoms with van der Waals surface area (Å²) in [5.74, 6) is 0.610. The molecule has 19 heavy (non-hydrogen) atoms. The van der Waals surface area contributed by atoms with Gasteiger partial charge in [0.2, 0.25) is 11.8 Å². The number of rotatable bonds is 4. The minimum atomic E-state index is -0.369. The van der Waals surface area contributed by atoms with Crippen molar-refractivity contribution in [1.82, 2.24) is 4.98 Å². The highest BCUT2D eigenvalue weighted by Crippen LogP contribution is 2.26. The van der Waals surface area contributed by atoms with E-state index in [9.17, 15) is 4.39 Å². The molecule has 1 heterocycles. The van der Waals surface area contributed by atoms with Crippen molar-refractivity contribution < 1.29 is 13.9 Å². The van der Waals surface area contributed by atoms with Gasteiger partial charge in [-0.1, -0.05) is 6.07 Å². The number of hydrogen-bond donors (Lipinski definition) is 1. The number of ether oxygens (including phenoxy) is 2. The summed E-state index contributed by atoms with van der Waals surface area (Å²) in [6, 6.07) is 9.07. The monoisotopic (exact) mass is 262 g/mol. The second-order valence-electron chi connectivity index (χ2n) is 4.27. The number of anilines is 1. The van der Waals surface area contributed by atoms with Crippen molar-refractivity contribution in [3.63, 3.8) is 0 Å². The Labute approximate surface area is 111 Å². The van der Waals surface area contributed by atoms with Crippen molar-refractivity contribution in [2.45, 2.75) is 20.0 Å². The SMILES string of the molecule is CC(C)Oc1nc(Oc2cccc(F)c2)ccc1N. The van der Waals surface area contributed by atoms with E-state index in [4.69, 9.17) is 15.2 Å². The Bertz CT molecular complexity index is 573. The summed E-state index contributed by atoms with van der Waals surface area (Å²) in [6.45, 7) is 3.75. The van der Waals surface area contributed by atoms with Gasteiger partial charge in [-0.15, -0.1) is 0 Å². The van der Waals surface area contributed by atoms with Gasteiger partial charge in [0.1, 0.15) is 11.6 Å². The molecule has 0 atom stereocenters. The van der Waals surface area contributed by atoms with Crippen molar-refractivity contribution in [1.29, 1.82) is 0 Å². The lowest BCUT2D eigenvalue weighted by atomic mass is 10.3. The van der Waals surface area contributed by atoms with E-state index in [2.05, 4.69) is 4.98 Å². The fourth-order valence-electron chi connectivity index (χ4n) is 1.46. The molecule has 0 saturated heterocycles. The zero-order valence-corrected chi connectivity index (χ0v) is 10.8. The number of aromatic nitrogens is 1. The third kappa shape index (κ3) is 3.58. The molecule has 0 aliphatic carbocycles. The standard InChI is InChI=1S/C14H15FN2O2/c1-9(2)18-14-12(16)6-7-13(17-14)19-11-5-3-4-10(15)8-11/h3-9H,16H2,1-2H3. The van der Waals surface area contributed by atoms with E-state index < -0.39 is 0 Å². The summed E-state index contributed by atoms with van der Waals surface area (Å²) < 4.78 is 23.9. The van der Waals surface area contributed by atoms with Crippen LogP contribution in [0.2, 0.25) is 0 Å². The quantitative estimate of drug-likeness (QED) is 0.917. The molecule has 1 aromatic carbocycles. The Morgan fingerprint density at radius 3 is 2.68 bits per heavy atom. The first-order valence-corrected chi connectivity index (χ1v) is 5.91. The van der Waals surface area contributed by atoms with Gasteiger partial charge in [0.25, 0.3) is 0 Å². The maximum atomic E-state index is 13.0. The first-order valence-electron chi connectivity index (χ1n) is 5.91. The molecule has 0 radical (unpaired) electrons. The van der Waals surface area contributed by atoms with E-state index in [1.54, 1.807) is 24.3 Å². The van der Waals surface area contributed by atoms with E-state index in [0.717, 1.165) is 0 Å². The molecule has 5 heteroatoms. The second kappa shape index (κ2) is 5.56. The molecule has 100 valence electrons. The predicted molar refractivity (Wildman–Crippen MR) is 70.9 cm³/mol. The lowest BCUT2D eigenvalue weighted by molar-refractivity contribution is 0.232.